The van der Waals surface area contributed by atoms with Crippen LogP contribution >= 0.6 is 0 Å². The number of aliphatic hydroxyl groups is 2. The fourth-order valence-corrected chi connectivity index (χ4v) is 6.44. The maximum Gasteiger partial charge on any atom is 0.405 e. The Bertz CT molecular complexity index is 1260. The zero-order valence-corrected chi connectivity index (χ0v) is 28.8. The van der Waals surface area contributed by atoms with Gasteiger partial charge in [0.25, 0.3) is 0 Å². The first-order chi connectivity index (χ1) is 21.5. The molecule has 3 aliphatic rings. The first kappa shape index (κ1) is 37.4. The standard InChI is InChI=1S/C34H53N3O9/c1-17-14-21-27(39)25-24(28(40)30(21)44-10)32(37-34(5,6)7)46-31(36-25)18(2)12-11-13-22(42-8)29(45-33(35)41)20(4)16-19(3)26(38)23(15-17)43-9/h11-13,16-17,19,21-23,25-27,29-30,37-39H,14-15H2,1-10H3,(H2,35,41)/t17-,19+,21?,22+,23+,25?,26-,27?,29+,30?/m1/s1. The van der Waals surface area contributed by atoms with E-state index in [-0.39, 0.29) is 29.1 Å². The molecule has 10 atom stereocenters. The topological polar surface area (TPSA) is 171 Å². The van der Waals surface area contributed by atoms with Crippen LogP contribution in [0, 0.1) is 17.8 Å². The van der Waals surface area contributed by atoms with Crippen LogP contribution in [0.2, 0.25) is 0 Å². The summed E-state index contributed by atoms with van der Waals surface area (Å²) >= 11 is 0. The number of amides is 1. The number of ketones is 1. The van der Waals surface area contributed by atoms with Crippen molar-refractivity contribution in [1.29, 1.82) is 0 Å². The van der Waals surface area contributed by atoms with Gasteiger partial charge in [0.1, 0.15) is 18.2 Å². The van der Waals surface area contributed by atoms with E-state index in [0.717, 1.165) is 0 Å². The van der Waals surface area contributed by atoms with Crippen molar-refractivity contribution in [1.82, 2.24) is 5.32 Å². The zero-order chi connectivity index (χ0) is 34.5. The van der Waals surface area contributed by atoms with Crippen molar-refractivity contribution >= 4 is 17.8 Å². The van der Waals surface area contributed by atoms with Crippen LogP contribution in [0.25, 0.3) is 0 Å². The number of nitrogens with one attached hydrogen (secondary N) is 1. The van der Waals surface area contributed by atoms with Crippen molar-refractivity contribution < 1.29 is 43.5 Å². The number of carbonyl (C=O) groups is 2. The van der Waals surface area contributed by atoms with Crippen molar-refractivity contribution in [3.05, 3.63) is 46.9 Å². The third-order valence-electron chi connectivity index (χ3n) is 8.72. The van der Waals surface area contributed by atoms with Crippen LogP contribution in [0.5, 0.6) is 0 Å². The molecular weight excluding hydrogens is 594 g/mol. The number of ether oxygens (including phenoxy) is 5. The molecule has 0 spiro atoms. The molecule has 1 saturated carbocycles. The van der Waals surface area contributed by atoms with Gasteiger partial charge in [-0.25, -0.2) is 9.79 Å². The summed E-state index contributed by atoms with van der Waals surface area (Å²) in [7, 11) is 4.49. The van der Waals surface area contributed by atoms with E-state index < -0.39 is 66.1 Å². The number of Topliss-reactive ketones (excluding diaryl/α,β-unsaturated/α-hetero) is 1. The summed E-state index contributed by atoms with van der Waals surface area (Å²) in [6.07, 6.45) is 1.84. The lowest BCUT2D eigenvalue weighted by atomic mass is 9.72. The van der Waals surface area contributed by atoms with E-state index in [1.54, 1.807) is 32.1 Å². The minimum atomic E-state index is -1.05. The summed E-state index contributed by atoms with van der Waals surface area (Å²) < 4.78 is 28.8. The number of carbonyl (C=O) groups excluding carboxylic acids is 2. The van der Waals surface area contributed by atoms with Gasteiger partial charge in [-0.3, -0.25) is 4.79 Å². The monoisotopic (exact) mass is 647 g/mol. The normalized spacial score (nSPS) is 34.8. The summed E-state index contributed by atoms with van der Waals surface area (Å²) in [5.41, 5.74) is 6.45. The molecular formula is C34H53N3O9. The lowest BCUT2D eigenvalue weighted by Crippen LogP contribution is -2.55. The molecule has 2 heterocycles. The molecule has 12 heteroatoms. The highest BCUT2D eigenvalue weighted by molar-refractivity contribution is 6.04. The number of fused-ring (bicyclic) bond motifs is 1. The highest BCUT2D eigenvalue weighted by Crippen LogP contribution is 2.39. The highest BCUT2D eigenvalue weighted by atomic mass is 16.6. The van der Waals surface area contributed by atoms with Crippen LogP contribution in [0.4, 0.5) is 4.79 Å². The quantitative estimate of drug-likeness (QED) is 0.325. The van der Waals surface area contributed by atoms with Gasteiger partial charge in [-0.15, -0.1) is 0 Å². The van der Waals surface area contributed by atoms with Gasteiger partial charge in [0.15, 0.2) is 11.9 Å². The number of rotatable bonds is 5. The van der Waals surface area contributed by atoms with E-state index in [0.29, 0.717) is 24.0 Å². The Balaban J connectivity index is 2.19. The molecule has 0 aromatic carbocycles. The third kappa shape index (κ3) is 8.86. The second-order valence-corrected chi connectivity index (χ2v) is 13.7. The smallest absolute Gasteiger partial charge is 0.405 e. The van der Waals surface area contributed by atoms with Crippen LogP contribution in [-0.2, 0) is 28.5 Å². The molecule has 3 rings (SSSR count). The minimum Gasteiger partial charge on any atom is -0.439 e. The van der Waals surface area contributed by atoms with Gasteiger partial charge in [-0.2, -0.15) is 0 Å². The van der Waals surface area contributed by atoms with Gasteiger partial charge in [-0.1, -0.05) is 38.2 Å². The van der Waals surface area contributed by atoms with E-state index in [2.05, 4.69) is 5.32 Å². The van der Waals surface area contributed by atoms with Crippen LogP contribution in [0.15, 0.2) is 51.9 Å². The second-order valence-electron chi connectivity index (χ2n) is 13.7. The number of primary amides is 1. The molecule has 0 radical (unpaired) electrons. The number of hydrogen-bond donors (Lipinski definition) is 4. The first-order valence-electron chi connectivity index (χ1n) is 15.8. The lowest BCUT2D eigenvalue weighted by molar-refractivity contribution is -0.138. The van der Waals surface area contributed by atoms with E-state index in [9.17, 15) is 19.8 Å². The van der Waals surface area contributed by atoms with Crippen molar-refractivity contribution in [3.8, 4) is 0 Å². The molecule has 12 nitrogen and oxygen atoms in total. The molecule has 258 valence electrons. The van der Waals surface area contributed by atoms with Gasteiger partial charge in [0.2, 0.25) is 11.8 Å². The van der Waals surface area contributed by atoms with E-state index >= 15 is 0 Å². The fourth-order valence-electron chi connectivity index (χ4n) is 6.44. The van der Waals surface area contributed by atoms with Crippen LogP contribution < -0.4 is 11.1 Å². The molecule has 2 aliphatic heterocycles. The van der Waals surface area contributed by atoms with Crippen LogP contribution in [0.1, 0.15) is 61.3 Å². The summed E-state index contributed by atoms with van der Waals surface area (Å²) in [6, 6.07) is -0.894. The first-order valence-corrected chi connectivity index (χ1v) is 15.8. The van der Waals surface area contributed by atoms with Gasteiger partial charge in [0.05, 0.1) is 23.9 Å². The van der Waals surface area contributed by atoms with Gasteiger partial charge in [0, 0.05) is 44.3 Å². The van der Waals surface area contributed by atoms with E-state index in [4.69, 9.17) is 34.4 Å². The SMILES string of the molecule is COC1C(=O)C2=C(NC(C)(C)C)OC3=NC2C(O)C1C[C@@H](C)C[C@H](OC)[C@H](O)[C@@H](C)C=C(C)[C@H](OC(N)=O)[C@@H](OC)C=CC=C3C. The number of allylic oxidation sites excluding steroid dienone is 2. The van der Waals surface area contributed by atoms with Crippen molar-refractivity contribution in [2.75, 3.05) is 21.3 Å². The molecule has 0 aromatic rings. The van der Waals surface area contributed by atoms with Crippen LogP contribution in [-0.4, -0.2) is 97.5 Å². The number of aliphatic hydroxyl groups excluding tert-OH is 2. The average molecular weight is 648 g/mol. The maximum absolute atomic E-state index is 14.0. The summed E-state index contributed by atoms with van der Waals surface area (Å²) in [5, 5.41) is 26.5. The average Bonchev–Trinajstić information content (AvgIpc) is 2.97. The minimum absolute atomic E-state index is 0.0836. The zero-order valence-electron chi connectivity index (χ0n) is 28.8. The Morgan fingerprint density at radius 2 is 1.72 bits per heavy atom. The largest absolute Gasteiger partial charge is 0.439 e. The van der Waals surface area contributed by atoms with Crippen molar-refractivity contribution in [2.45, 2.75) is 110 Å². The molecule has 1 aliphatic carbocycles. The predicted octanol–water partition coefficient (Wildman–Crippen LogP) is 3.33. The Kier molecular flexibility index (Phi) is 12.8. The third-order valence-corrected chi connectivity index (χ3v) is 8.72. The molecule has 1 fully saturated rings. The summed E-state index contributed by atoms with van der Waals surface area (Å²) in [6.45, 7) is 13.3. The number of nitrogens with zero attached hydrogens (tertiary/aromatic N) is 1. The Morgan fingerprint density at radius 1 is 1.04 bits per heavy atom. The number of aliphatic imine (C=N–C) groups is 1. The number of hydrogen-bond acceptors (Lipinski definition) is 11. The Morgan fingerprint density at radius 3 is 2.28 bits per heavy atom. The number of methoxy groups -OCH3 is 3. The number of nitrogens with two attached hydrogens (primary N) is 1. The van der Waals surface area contributed by atoms with Crippen LogP contribution in [0.3, 0.4) is 0 Å². The molecule has 5 N–H and O–H groups in total. The fraction of sp³-hybridized carbons (Fsp3) is 0.676. The molecule has 46 heavy (non-hydrogen) atoms. The molecule has 0 aromatic heterocycles. The molecule has 4 unspecified atom stereocenters. The summed E-state index contributed by atoms with van der Waals surface area (Å²) in [4.78, 5) is 30.7. The molecule has 0 saturated heterocycles. The Hall–Kier alpha value is -3.03. The van der Waals surface area contributed by atoms with Crippen molar-refractivity contribution in [2.24, 2.45) is 28.5 Å². The second kappa shape index (κ2) is 15.7. The van der Waals surface area contributed by atoms with Gasteiger partial charge < -0.3 is 44.9 Å². The summed E-state index contributed by atoms with van der Waals surface area (Å²) in [5.74, 6) is -0.885. The van der Waals surface area contributed by atoms with Gasteiger partial charge in [-0.05, 0) is 59.0 Å². The van der Waals surface area contributed by atoms with Gasteiger partial charge >= 0.3 is 6.09 Å². The molecule has 3 bridgehead atoms. The van der Waals surface area contributed by atoms with E-state index in [1.165, 1.54) is 21.3 Å². The molecule has 1 amide bonds. The van der Waals surface area contributed by atoms with Crippen molar-refractivity contribution in [3.63, 3.8) is 0 Å². The highest BCUT2D eigenvalue weighted by Gasteiger charge is 2.51. The lowest BCUT2D eigenvalue weighted by Gasteiger charge is -2.42. The Labute approximate surface area is 272 Å². The predicted molar refractivity (Wildman–Crippen MR) is 174 cm³/mol. The van der Waals surface area contributed by atoms with E-state index in [1.807, 2.05) is 40.7 Å². The maximum atomic E-state index is 14.0.